The van der Waals surface area contributed by atoms with Crippen LogP contribution in [0.2, 0.25) is 0 Å². The Balaban J connectivity index is 0.00000144. The van der Waals surface area contributed by atoms with Crippen molar-refractivity contribution in [2.24, 2.45) is 0 Å². The lowest BCUT2D eigenvalue weighted by atomic mass is 10.0. The van der Waals surface area contributed by atoms with Crippen molar-refractivity contribution in [2.75, 3.05) is 7.05 Å². The summed E-state index contributed by atoms with van der Waals surface area (Å²) in [5.41, 5.74) is 0.888. The zero-order valence-electron chi connectivity index (χ0n) is 9.71. The first-order chi connectivity index (χ1) is 7.61. The first kappa shape index (κ1) is 13.7. The Kier molecular flexibility index (Phi) is 4.26. The van der Waals surface area contributed by atoms with Crippen LogP contribution in [0.5, 0.6) is 0 Å². The highest BCUT2D eigenvalue weighted by Gasteiger charge is 2.36. The molecule has 0 aliphatic carbocycles. The van der Waals surface area contributed by atoms with Crippen LogP contribution in [0.4, 0.5) is 0 Å². The Hall–Kier alpha value is -1.39. The summed E-state index contributed by atoms with van der Waals surface area (Å²) in [5.74, 6) is -0.383. The lowest BCUT2D eigenvalue weighted by Crippen LogP contribution is -2.56. The summed E-state index contributed by atoms with van der Waals surface area (Å²) in [5, 5.41) is 3.02. The van der Waals surface area contributed by atoms with E-state index in [9.17, 15) is 9.59 Å². The topological polar surface area (TPSA) is 49.4 Å². The van der Waals surface area contributed by atoms with Gasteiger partial charge >= 0.3 is 0 Å². The first-order valence-electron chi connectivity index (χ1n) is 5.23. The molecule has 0 saturated carbocycles. The molecule has 0 bridgehead atoms. The maximum atomic E-state index is 11.9. The maximum Gasteiger partial charge on any atom is 0.250 e. The average molecular weight is 255 g/mol. The van der Waals surface area contributed by atoms with Crippen LogP contribution in [0.25, 0.3) is 0 Å². The monoisotopic (exact) mass is 254 g/mol. The smallest absolute Gasteiger partial charge is 0.250 e. The van der Waals surface area contributed by atoms with E-state index in [0.29, 0.717) is 0 Å². The molecule has 1 fully saturated rings. The van der Waals surface area contributed by atoms with Gasteiger partial charge in [0.25, 0.3) is 5.91 Å². The minimum Gasteiger partial charge on any atom is -0.291 e. The van der Waals surface area contributed by atoms with Gasteiger partial charge in [-0.2, -0.15) is 0 Å². The molecule has 0 aromatic heterocycles. The van der Waals surface area contributed by atoms with Crippen molar-refractivity contribution in [1.82, 2.24) is 10.2 Å². The number of rotatable bonds is 1. The summed E-state index contributed by atoms with van der Waals surface area (Å²) >= 11 is 0. The maximum absolute atomic E-state index is 11.9. The Morgan fingerprint density at radius 1 is 1.12 bits per heavy atom. The summed E-state index contributed by atoms with van der Waals surface area (Å²) in [4.78, 5) is 24.7. The number of carbonyl (C=O) groups is 2. The third-order valence-corrected chi connectivity index (χ3v) is 2.83. The molecule has 4 nitrogen and oxygen atoms in total. The molecule has 1 aliphatic heterocycles. The van der Waals surface area contributed by atoms with Crippen molar-refractivity contribution in [3.63, 3.8) is 0 Å². The van der Waals surface area contributed by atoms with Crippen LogP contribution >= 0.6 is 12.4 Å². The predicted octanol–water partition coefficient (Wildman–Crippen LogP) is 1.13. The second-order valence-electron chi connectivity index (χ2n) is 3.97. The lowest BCUT2D eigenvalue weighted by molar-refractivity contribution is -0.150. The number of nitrogens with zero attached hydrogens (tertiary/aromatic N) is 1. The van der Waals surface area contributed by atoms with Gasteiger partial charge in [0, 0.05) is 7.05 Å². The van der Waals surface area contributed by atoms with E-state index in [1.54, 1.807) is 6.92 Å². The quantitative estimate of drug-likeness (QED) is 0.765. The summed E-state index contributed by atoms with van der Waals surface area (Å²) in [6, 6.07) is 8.68. The van der Waals surface area contributed by atoms with Gasteiger partial charge in [-0.15, -0.1) is 12.4 Å². The standard InChI is InChI=1S/C12H14N2O2.ClH/c1-8-11(15)14(2)12(16)10(13-8)9-6-4-3-5-7-9;/h3-8,10,13H,1-2H3;1H. The molecule has 2 rings (SSSR count). The van der Waals surface area contributed by atoms with E-state index in [0.717, 1.165) is 5.56 Å². The van der Waals surface area contributed by atoms with E-state index < -0.39 is 6.04 Å². The normalized spacial score (nSPS) is 24.5. The van der Waals surface area contributed by atoms with Crippen molar-refractivity contribution < 1.29 is 9.59 Å². The molecule has 5 heteroatoms. The summed E-state index contributed by atoms with van der Waals surface area (Å²) in [6.07, 6.45) is 0. The van der Waals surface area contributed by atoms with Crippen LogP contribution in [0.3, 0.4) is 0 Å². The molecule has 0 radical (unpaired) electrons. The van der Waals surface area contributed by atoms with E-state index in [4.69, 9.17) is 0 Å². The number of benzene rings is 1. The molecule has 1 heterocycles. The highest BCUT2D eigenvalue weighted by atomic mass is 35.5. The minimum absolute atomic E-state index is 0. The summed E-state index contributed by atoms with van der Waals surface area (Å²) in [6.45, 7) is 1.77. The fourth-order valence-corrected chi connectivity index (χ4v) is 1.87. The number of hydrogen-bond donors (Lipinski definition) is 1. The Labute approximate surface area is 106 Å². The van der Waals surface area contributed by atoms with Gasteiger partial charge in [-0.25, -0.2) is 0 Å². The van der Waals surface area contributed by atoms with Crippen molar-refractivity contribution in [1.29, 1.82) is 0 Å². The molecule has 2 unspecified atom stereocenters. The highest BCUT2D eigenvalue weighted by Crippen LogP contribution is 2.20. The van der Waals surface area contributed by atoms with Crippen molar-refractivity contribution in [3.05, 3.63) is 35.9 Å². The number of carbonyl (C=O) groups excluding carboxylic acids is 2. The third kappa shape index (κ3) is 2.48. The number of amides is 2. The van der Waals surface area contributed by atoms with Gasteiger partial charge in [-0.1, -0.05) is 30.3 Å². The lowest BCUT2D eigenvalue weighted by Gasteiger charge is -2.33. The van der Waals surface area contributed by atoms with Crippen LogP contribution in [-0.2, 0) is 9.59 Å². The zero-order valence-corrected chi connectivity index (χ0v) is 10.5. The Morgan fingerprint density at radius 3 is 2.29 bits per heavy atom. The average Bonchev–Trinajstić information content (AvgIpc) is 2.32. The molecule has 2 amide bonds. The van der Waals surface area contributed by atoms with E-state index in [2.05, 4.69) is 5.32 Å². The Bertz CT molecular complexity index is 422. The van der Waals surface area contributed by atoms with E-state index >= 15 is 0 Å². The van der Waals surface area contributed by atoms with Crippen molar-refractivity contribution in [2.45, 2.75) is 19.0 Å². The molecule has 2 atom stereocenters. The van der Waals surface area contributed by atoms with Gasteiger partial charge in [0.15, 0.2) is 0 Å². The molecule has 1 aliphatic rings. The second kappa shape index (κ2) is 5.29. The van der Waals surface area contributed by atoms with Gasteiger partial charge in [-0.05, 0) is 12.5 Å². The first-order valence-corrected chi connectivity index (χ1v) is 5.23. The third-order valence-electron chi connectivity index (χ3n) is 2.83. The molecule has 1 N–H and O–H groups in total. The van der Waals surface area contributed by atoms with E-state index in [-0.39, 0.29) is 30.3 Å². The molecule has 1 saturated heterocycles. The predicted molar refractivity (Wildman–Crippen MR) is 66.8 cm³/mol. The minimum atomic E-state index is -0.418. The molecule has 92 valence electrons. The zero-order chi connectivity index (χ0) is 11.7. The molecule has 0 spiro atoms. The molecule has 1 aromatic rings. The van der Waals surface area contributed by atoms with Gasteiger partial charge < -0.3 is 0 Å². The fraction of sp³-hybridized carbons (Fsp3) is 0.333. The van der Waals surface area contributed by atoms with Crippen LogP contribution in [0, 0.1) is 0 Å². The van der Waals surface area contributed by atoms with Gasteiger partial charge in [-0.3, -0.25) is 19.8 Å². The van der Waals surface area contributed by atoms with Crippen LogP contribution < -0.4 is 5.32 Å². The van der Waals surface area contributed by atoms with Crippen LogP contribution in [0.1, 0.15) is 18.5 Å². The summed E-state index contributed by atoms with van der Waals surface area (Å²) in [7, 11) is 1.53. The largest absolute Gasteiger partial charge is 0.291 e. The number of piperazine rings is 1. The van der Waals surface area contributed by atoms with Crippen molar-refractivity contribution >= 4 is 24.2 Å². The highest BCUT2D eigenvalue weighted by molar-refractivity contribution is 6.02. The van der Waals surface area contributed by atoms with Crippen molar-refractivity contribution in [3.8, 4) is 0 Å². The van der Waals surface area contributed by atoms with Gasteiger partial charge in [0.2, 0.25) is 5.91 Å². The molecular weight excluding hydrogens is 240 g/mol. The van der Waals surface area contributed by atoms with E-state index in [1.165, 1.54) is 11.9 Å². The second-order valence-corrected chi connectivity index (χ2v) is 3.97. The molecule has 17 heavy (non-hydrogen) atoms. The van der Waals surface area contributed by atoms with E-state index in [1.807, 2.05) is 30.3 Å². The molecule has 1 aromatic carbocycles. The fourth-order valence-electron chi connectivity index (χ4n) is 1.87. The summed E-state index contributed by atoms with van der Waals surface area (Å²) < 4.78 is 0. The number of likely N-dealkylation sites (N-methyl/N-ethyl adjacent to an activating group) is 1. The number of hydrogen-bond acceptors (Lipinski definition) is 3. The SMILES string of the molecule is CC1NC(c2ccccc2)C(=O)N(C)C1=O.Cl. The number of nitrogens with one attached hydrogen (secondary N) is 1. The Morgan fingerprint density at radius 2 is 1.71 bits per heavy atom. The number of halogens is 1. The van der Waals surface area contributed by atoms with Crippen LogP contribution in [0.15, 0.2) is 30.3 Å². The molecular formula is C12H15ClN2O2. The van der Waals surface area contributed by atoms with Crippen LogP contribution in [-0.4, -0.2) is 29.8 Å². The van der Waals surface area contributed by atoms with Gasteiger partial charge in [0.1, 0.15) is 6.04 Å². The number of imide groups is 1. The van der Waals surface area contributed by atoms with Gasteiger partial charge in [0.05, 0.1) is 6.04 Å².